The lowest BCUT2D eigenvalue weighted by Crippen LogP contribution is -2.32. The summed E-state index contributed by atoms with van der Waals surface area (Å²) in [5.74, 6) is -0.00140. The number of ether oxygens (including phenoxy) is 2. The van der Waals surface area contributed by atoms with E-state index in [1.165, 1.54) is 28.9 Å². The summed E-state index contributed by atoms with van der Waals surface area (Å²) in [4.78, 5) is 26.2. The number of ketones is 1. The molecule has 0 aliphatic heterocycles. The summed E-state index contributed by atoms with van der Waals surface area (Å²) in [7, 11) is 1.42. The third-order valence-corrected chi connectivity index (χ3v) is 7.61. The van der Waals surface area contributed by atoms with Gasteiger partial charge in [0.25, 0.3) is 0 Å². The predicted molar refractivity (Wildman–Crippen MR) is 123 cm³/mol. The number of carbonyl (C=O) groups excluding carboxylic acids is 2. The molecule has 0 amide bonds. The molecule has 1 aromatic heterocycles. The maximum absolute atomic E-state index is 12.2. The van der Waals surface area contributed by atoms with Crippen LogP contribution < -0.4 is 0 Å². The largest absolute Gasteiger partial charge is 0.465 e. The molecule has 1 aliphatic rings. The van der Waals surface area contributed by atoms with Gasteiger partial charge in [-0.3, -0.25) is 4.79 Å². The van der Waals surface area contributed by atoms with Crippen LogP contribution in [-0.2, 0) is 19.7 Å². The number of methoxy groups -OCH3 is 1. The van der Waals surface area contributed by atoms with Crippen LogP contribution in [0.15, 0.2) is 29.9 Å². The molecule has 1 aliphatic carbocycles. The molecule has 30 heavy (non-hydrogen) atoms. The first-order chi connectivity index (χ1) is 14.0. The summed E-state index contributed by atoms with van der Waals surface area (Å²) in [5.41, 5.74) is 1.66. The number of hydrogen-bond acceptors (Lipinski definition) is 5. The molecule has 1 aromatic rings. The van der Waals surface area contributed by atoms with Gasteiger partial charge < -0.3 is 9.47 Å². The van der Waals surface area contributed by atoms with Crippen LogP contribution >= 0.6 is 11.3 Å². The molecule has 2 rings (SSSR count). The molecule has 0 N–H and O–H groups in total. The molecule has 2 atom stereocenters. The average Bonchev–Trinajstić information content (AvgIpc) is 3.09. The van der Waals surface area contributed by atoms with Gasteiger partial charge in [-0.05, 0) is 37.0 Å². The van der Waals surface area contributed by atoms with Crippen molar-refractivity contribution in [3.63, 3.8) is 0 Å². The van der Waals surface area contributed by atoms with E-state index >= 15 is 0 Å². The Labute approximate surface area is 185 Å². The van der Waals surface area contributed by atoms with Gasteiger partial charge in [0.2, 0.25) is 0 Å². The highest BCUT2D eigenvalue weighted by molar-refractivity contribution is 7.14. The minimum Gasteiger partial charge on any atom is -0.465 e. The Morgan fingerprint density at radius 2 is 1.80 bits per heavy atom. The van der Waals surface area contributed by atoms with Crippen molar-refractivity contribution in [3.8, 4) is 0 Å². The normalized spacial score (nSPS) is 19.5. The molecular formula is C25H36O4S. The van der Waals surface area contributed by atoms with Crippen LogP contribution in [0.3, 0.4) is 0 Å². The lowest BCUT2D eigenvalue weighted by atomic mass is 9.71. The Balaban J connectivity index is 2.28. The molecule has 0 spiro atoms. The summed E-state index contributed by atoms with van der Waals surface area (Å²) in [6, 6.07) is 2.13. The van der Waals surface area contributed by atoms with Gasteiger partial charge in [-0.1, -0.05) is 59.8 Å². The van der Waals surface area contributed by atoms with Crippen LogP contribution in [0.2, 0.25) is 0 Å². The summed E-state index contributed by atoms with van der Waals surface area (Å²) in [5, 5.41) is 0. The Morgan fingerprint density at radius 1 is 1.17 bits per heavy atom. The Hall–Kier alpha value is -1.72. The first-order valence-electron chi connectivity index (χ1n) is 10.7. The molecule has 2 unspecified atom stereocenters. The van der Waals surface area contributed by atoms with Gasteiger partial charge in [0, 0.05) is 21.6 Å². The number of hydrogen-bond donors (Lipinski definition) is 0. The Bertz CT molecular complexity index is 834. The summed E-state index contributed by atoms with van der Waals surface area (Å²) in [6.07, 6.45) is 8.25. The van der Waals surface area contributed by atoms with Crippen LogP contribution in [0.4, 0.5) is 0 Å². The molecule has 1 heterocycles. The van der Waals surface area contributed by atoms with E-state index in [9.17, 15) is 9.59 Å². The number of Topliss-reactive ketones (excluding diaryl/α,β-unsaturated/α-hetero) is 1. The number of rotatable bonds is 8. The highest BCUT2D eigenvalue weighted by Gasteiger charge is 2.36. The summed E-state index contributed by atoms with van der Waals surface area (Å²) in [6.45, 7) is 14.4. The second-order valence-electron chi connectivity index (χ2n) is 9.19. The zero-order chi connectivity index (χ0) is 22.7. The van der Waals surface area contributed by atoms with Gasteiger partial charge in [0.05, 0.1) is 13.2 Å². The maximum atomic E-state index is 12.2. The number of aryl methyl sites for hydroxylation is 1. The van der Waals surface area contributed by atoms with E-state index in [2.05, 4.69) is 45.1 Å². The molecule has 0 saturated carbocycles. The number of esters is 1. The monoisotopic (exact) mass is 432 g/mol. The molecule has 0 fully saturated rings. The second-order valence-corrected chi connectivity index (χ2v) is 10.2. The summed E-state index contributed by atoms with van der Waals surface area (Å²) >= 11 is 1.54. The van der Waals surface area contributed by atoms with Crippen LogP contribution in [0.25, 0.3) is 0 Å². The molecule has 4 nitrogen and oxygen atoms in total. The number of carbonyl (C=O) groups is 2. The van der Waals surface area contributed by atoms with Crippen molar-refractivity contribution in [2.24, 2.45) is 11.3 Å². The first-order valence-corrected chi connectivity index (χ1v) is 11.6. The van der Waals surface area contributed by atoms with Crippen molar-refractivity contribution in [2.75, 3.05) is 13.7 Å². The van der Waals surface area contributed by atoms with Crippen LogP contribution in [0.1, 0.15) is 74.5 Å². The van der Waals surface area contributed by atoms with Crippen LogP contribution in [0, 0.1) is 18.3 Å². The van der Waals surface area contributed by atoms with Crippen molar-refractivity contribution in [1.82, 2.24) is 0 Å². The fourth-order valence-electron chi connectivity index (χ4n) is 3.88. The zero-order valence-corrected chi connectivity index (χ0v) is 20.4. The quantitative estimate of drug-likeness (QED) is 0.470. The van der Waals surface area contributed by atoms with Gasteiger partial charge >= 0.3 is 5.97 Å². The number of allylic oxidation sites excluding steroid dienone is 2. The topological polar surface area (TPSA) is 52.6 Å². The fourth-order valence-corrected chi connectivity index (χ4v) is 5.33. The molecule has 0 saturated heterocycles. The van der Waals surface area contributed by atoms with Gasteiger partial charge in [-0.15, -0.1) is 11.3 Å². The Kier molecular flexibility index (Phi) is 7.86. The van der Waals surface area contributed by atoms with Gasteiger partial charge in [-0.2, -0.15) is 0 Å². The first kappa shape index (κ1) is 24.5. The predicted octanol–water partition coefficient (Wildman–Crippen LogP) is 6.03. The molecule has 0 radical (unpaired) electrons. The third kappa shape index (κ3) is 4.94. The molecule has 166 valence electrons. The minimum absolute atomic E-state index is 0.109. The van der Waals surface area contributed by atoms with E-state index in [0.717, 1.165) is 18.4 Å². The van der Waals surface area contributed by atoms with Crippen molar-refractivity contribution >= 4 is 23.1 Å². The average molecular weight is 433 g/mol. The zero-order valence-electron chi connectivity index (χ0n) is 19.6. The van der Waals surface area contributed by atoms with Crippen molar-refractivity contribution < 1.29 is 19.1 Å². The third-order valence-electron chi connectivity index (χ3n) is 6.19. The van der Waals surface area contributed by atoms with Gasteiger partial charge in [0.1, 0.15) is 11.5 Å². The van der Waals surface area contributed by atoms with E-state index < -0.39 is 5.41 Å². The fraction of sp³-hybridized carbons (Fsp3) is 0.600. The van der Waals surface area contributed by atoms with Gasteiger partial charge in [-0.25, -0.2) is 4.79 Å². The minimum atomic E-state index is -0.392. The van der Waals surface area contributed by atoms with E-state index in [-0.39, 0.29) is 35.8 Å². The standard InChI is InChI=1S/C25H36O4S/c1-9-25(10-2,21-14-17(4)22(30-21)23(27)28-8)18-11-12-19(16(3)13-18)29-15-20(26)24(5,6)7/h11-14,16,19H,9-10,15H2,1-8H3. The second kappa shape index (κ2) is 9.61. The maximum Gasteiger partial charge on any atom is 0.348 e. The highest BCUT2D eigenvalue weighted by Crippen LogP contribution is 2.45. The van der Waals surface area contributed by atoms with Crippen LogP contribution in [-0.4, -0.2) is 31.6 Å². The lowest BCUT2D eigenvalue weighted by Gasteiger charge is -2.36. The summed E-state index contributed by atoms with van der Waals surface area (Å²) < 4.78 is 10.9. The molecular weight excluding hydrogens is 396 g/mol. The van der Waals surface area contributed by atoms with E-state index in [1.807, 2.05) is 27.7 Å². The van der Waals surface area contributed by atoms with Gasteiger partial charge in [0.15, 0.2) is 5.78 Å². The van der Waals surface area contributed by atoms with Crippen molar-refractivity contribution in [2.45, 2.75) is 72.8 Å². The number of thiophene rings is 1. The van der Waals surface area contributed by atoms with E-state index in [0.29, 0.717) is 4.88 Å². The van der Waals surface area contributed by atoms with Crippen molar-refractivity contribution in [1.29, 1.82) is 0 Å². The Morgan fingerprint density at radius 3 is 2.30 bits per heavy atom. The van der Waals surface area contributed by atoms with Crippen molar-refractivity contribution in [3.05, 3.63) is 45.2 Å². The molecule has 5 heteroatoms. The molecule has 0 bridgehead atoms. The van der Waals surface area contributed by atoms with E-state index in [4.69, 9.17) is 9.47 Å². The van der Waals surface area contributed by atoms with E-state index in [1.54, 1.807) is 0 Å². The SMILES string of the molecule is CCC(CC)(C1=CC(C)C(OCC(=O)C(C)(C)C)C=C1)c1cc(C)c(C(=O)OC)s1. The highest BCUT2D eigenvalue weighted by atomic mass is 32.1. The molecule has 0 aromatic carbocycles. The van der Waals surface area contributed by atoms with Crippen LogP contribution in [0.5, 0.6) is 0 Å². The smallest absolute Gasteiger partial charge is 0.348 e. The lowest BCUT2D eigenvalue weighted by molar-refractivity contribution is -0.132.